The van der Waals surface area contributed by atoms with Crippen LogP contribution in [0.15, 0.2) is 35.2 Å². The molecule has 0 amide bonds. The van der Waals surface area contributed by atoms with Gasteiger partial charge in [-0.25, -0.2) is 21.6 Å². The van der Waals surface area contributed by atoms with E-state index in [4.69, 9.17) is 17.3 Å². The van der Waals surface area contributed by atoms with Gasteiger partial charge < -0.3 is 5.73 Å². The first-order valence-electron chi connectivity index (χ1n) is 5.43. The second-order valence-electron chi connectivity index (χ2n) is 4.02. The molecule has 0 radical (unpaired) electrons. The van der Waals surface area contributed by atoms with Crippen LogP contribution in [0.5, 0.6) is 0 Å². The number of benzene rings is 2. The Balaban J connectivity index is 2.54. The molecule has 0 heterocycles. The Labute approximate surface area is 123 Å². The molecule has 0 spiro atoms. The van der Waals surface area contributed by atoms with Gasteiger partial charge >= 0.3 is 0 Å². The van der Waals surface area contributed by atoms with Gasteiger partial charge in [0.25, 0.3) is 10.0 Å². The number of rotatable bonds is 3. The molecule has 0 saturated heterocycles. The molecular formula is C12H8ClF3N2O2S. The molecule has 2 rings (SSSR count). The van der Waals surface area contributed by atoms with E-state index in [1.807, 2.05) is 0 Å². The molecule has 4 nitrogen and oxygen atoms in total. The first-order chi connectivity index (χ1) is 9.72. The summed E-state index contributed by atoms with van der Waals surface area (Å²) in [6, 6.07) is 4.69. The number of nitrogen functional groups attached to an aromatic ring is 1. The number of hydrogen-bond donors (Lipinski definition) is 2. The zero-order valence-corrected chi connectivity index (χ0v) is 11.8. The van der Waals surface area contributed by atoms with Crippen LogP contribution in [0.3, 0.4) is 0 Å². The van der Waals surface area contributed by atoms with E-state index in [1.165, 1.54) is 12.1 Å². The van der Waals surface area contributed by atoms with Gasteiger partial charge in [0.2, 0.25) is 0 Å². The van der Waals surface area contributed by atoms with E-state index in [9.17, 15) is 21.6 Å². The van der Waals surface area contributed by atoms with E-state index in [-0.39, 0.29) is 10.7 Å². The Bertz CT molecular complexity index is 769. The Morgan fingerprint density at radius 2 is 1.62 bits per heavy atom. The lowest BCUT2D eigenvalue weighted by molar-refractivity contribution is 0.522. The van der Waals surface area contributed by atoms with Crippen LogP contribution in [0.25, 0.3) is 0 Å². The van der Waals surface area contributed by atoms with Gasteiger partial charge in [-0.3, -0.25) is 4.72 Å². The molecule has 0 atom stereocenters. The fourth-order valence-electron chi connectivity index (χ4n) is 1.62. The van der Waals surface area contributed by atoms with Gasteiger partial charge in [0.05, 0.1) is 5.02 Å². The zero-order chi connectivity index (χ0) is 15.8. The van der Waals surface area contributed by atoms with Crippen LogP contribution in [0.2, 0.25) is 5.02 Å². The fourth-order valence-corrected chi connectivity index (χ4v) is 3.09. The minimum atomic E-state index is -4.72. The van der Waals surface area contributed by atoms with Crippen molar-refractivity contribution < 1.29 is 21.6 Å². The van der Waals surface area contributed by atoms with Crippen LogP contribution in [0, 0.1) is 17.5 Å². The van der Waals surface area contributed by atoms with Gasteiger partial charge in [-0.15, -0.1) is 0 Å². The van der Waals surface area contributed by atoms with Crippen molar-refractivity contribution in [3.63, 3.8) is 0 Å². The van der Waals surface area contributed by atoms with Gasteiger partial charge in [-0.05, 0) is 24.3 Å². The van der Waals surface area contributed by atoms with Gasteiger partial charge in [-0.2, -0.15) is 0 Å². The second-order valence-corrected chi connectivity index (χ2v) is 6.04. The SMILES string of the molecule is Nc1cc(F)c(S(=O)(=O)Nc2c(F)cccc2Cl)c(F)c1. The summed E-state index contributed by atoms with van der Waals surface area (Å²) in [6.45, 7) is 0. The lowest BCUT2D eigenvalue weighted by atomic mass is 10.3. The predicted octanol–water partition coefficient (Wildman–Crippen LogP) is 3.14. The monoisotopic (exact) mass is 336 g/mol. The molecule has 0 saturated carbocycles. The smallest absolute Gasteiger partial charge is 0.267 e. The zero-order valence-electron chi connectivity index (χ0n) is 10.2. The van der Waals surface area contributed by atoms with Crippen LogP contribution in [-0.2, 0) is 10.0 Å². The van der Waals surface area contributed by atoms with Crippen molar-refractivity contribution in [2.24, 2.45) is 0 Å². The van der Waals surface area contributed by atoms with Gasteiger partial charge in [-0.1, -0.05) is 17.7 Å². The van der Waals surface area contributed by atoms with E-state index in [0.29, 0.717) is 12.1 Å². The third kappa shape index (κ3) is 3.06. The summed E-state index contributed by atoms with van der Waals surface area (Å²) in [6.07, 6.45) is 0. The van der Waals surface area contributed by atoms with Gasteiger partial charge in [0.1, 0.15) is 23.1 Å². The molecule has 0 aliphatic carbocycles. The number of nitrogens with one attached hydrogen (secondary N) is 1. The Kier molecular flexibility index (Phi) is 4.02. The van der Waals surface area contributed by atoms with E-state index in [2.05, 4.69) is 0 Å². The van der Waals surface area contributed by atoms with E-state index < -0.39 is 38.1 Å². The Morgan fingerprint density at radius 1 is 1.05 bits per heavy atom. The molecule has 0 aliphatic rings. The largest absolute Gasteiger partial charge is 0.399 e. The third-order valence-electron chi connectivity index (χ3n) is 2.49. The first-order valence-corrected chi connectivity index (χ1v) is 7.30. The number of hydrogen-bond acceptors (Lipinski definition) is 3. The highest BCUT2D eigenvalue weighted by atomic mass is 35.5. The average molecular weight is 337 g/mol. The maximum Gasteiger partial charge on any atom is 0.267 e. The standard InChI is InChI=1S/C12H8ClF3N2O2S/c13-7-2-1-3-8(14)11(7)18-21(19,20)12-9(15)4-6(17)5-10(12)16/h1-5,18H,17H2. The number of halogens is 4. The van der Waals surface area contributed by atoms with Crippen LogP contribution in [-0.4, -0.2) is 8.42 Å². The summed E-state index contributed by atoms with van der Waals surface area (Å²) in [5.41, 5.74) is 4.31. The molecule has 0 aliphatic heterocycles. The molecule has 0 bridgehead atoms. The van der Waals surface area contributed by atoms with Crippen LogP contribution in [0.1, 0.15) is 0 Å². The normalized spacial score (nSPS) is 11.4. The third-order valence-corrected chi connectivity index (χ3v) is 4.20. The number of nitrogens with two attached hydrogens (primary N) is 1. The van der Waals surface area contributed by atoms with Crippen molar-refractivity contribution in [3.05, 3.63) is 52.8 Å². The highest BCUT2D eigenvalue weighted by Crippen LogP contribution is 2.29. The molecule has 0 aromatic heterocycles. The summed E-state index contributed by atoms with van der Waals surface area (Å²) in [5.74, 6) is -3.78. The Hall–Kier alpha value is -1.93. The summed E-state index contributed by atoms with van der Waals surface area (Å²) in [4.78, 5) is -1.27. The van der Waals surface area contributed by atoms with Crippen LogP contribution < -0.4 is 10.5 Å². The molecule has 21 heavy (non-hydrogen) atoms. The average Bonchev–Trinajstić information content (AvgIpc) is 2.32. The maximum atomic E-state index is 13.6. The summed E-state index contributed by atoms with van der Waals surface area (Å²) < 4.78 is 66.6. The summed E-state index contributed by atoms with van der Waals surface area (Å²) in [5, 5.41) is -0.255. The fraction of sp³-hybridized carbons (Fsp3) is 0. The van der Waals surface area contributed by atoms with E-state index in [1.54, 1.807) is 4.72 Å². The second kappa shape index (κ2) is 5.45. The molecule has 112 valence electrons. The minimum absolute atomic E-state index is 0.255. The van der Waals surface area contributed by atoms with Crippen molar-refractivity contribution in [3.8, 4) is 0 Å². The molecule has 2 aromatic carbocycles. The highest BCUT2D eigenvalue weighted by molar-refractivity contribution is 7.92. The maximum absolute atomic E-state index is 13.6. The van der Waals surface area contributed by atoms with Gasteiger partial charge in [0, 0.05) is 5.69 Å². The Morgan fingerprint density at radius 3 is 2.14 bits per heavy atom. The van der Waals surface area contributed by atoms with Crippen LogP contribution >= 0.6 is 11.6 Å². The lowest BCUT2D eigenvalue weighted by Gasteiger charge is -2.12. The van der Waals surface area contributed by atoms with Crippen molar-refractivity contribution in [1.29, 1.82) is 0 Å². The van der Waals surface area contributed by atoms with E-state index in [0.717, 1.165) is 6.07 Å². The van der Waals surface area contributed by atoms with Crippen molar-refractivity contribution >= 4 is 33.0 Å². The predicted molar refractivity (Wildman–Crippen MR) is 73.0 cm³/mol. The van der Waals surface area contributed by atoms with Crippen molar-refractivity contribution in [2.45, 2.75) is 4.90 Å². The molecule has 3 N–H and O–H groups in total. The summed E-state index contributed by atoms with van der Waals surface area (Å²) in [7, 11) is -4.72. The molecule has 0 fully saturated rings. The first kappa shape index (κ1) is 15.5. The number of sulfonamides is 1. The number of anilines is 2. The highest BCUT2D eigenvalue weighted by Gasteiger charge is 2.26. The van der Waals surface area contributed by atoms with Crippen LogP contribution in [0.4, 0.5) is 24.5 Å². The molecular weight excluding hydrogens is 329 g/mol. The molecule has 9 heteroatoms. The van der Waals surface area contributed by atoms with E-state index >= 15 is 0 Å². The molecule has 0 unspecified atom stereocenters. The lowest BCUT2D eigenvalue weighted by Crippen LogP contribution is -2.18. The quantitative estimate of drug-likeness (QED) is 0.846. The van der Waals surface area contributed by atoms with Crippen molar-refractivity contribution in [2.75, 3.05) is 10.5 Å². The minimum Gasteiger partial charge on any atom is -0.399 e. The number of para-hydroxylation sites is 1. The van der Waals surface area contributed by atoms with Crippen molar-refractivity contribution in [1.82, 2.24) is 0 Å². The summed E-state index contributed by atoms with van der Waals surface area (Å²) >= 11 is 5.65. The topological polar surface area (TPSA) is 72.2 Å². The van der Waals surface area contributed by atoms with Gasteiger partial charge in [0.15, 0.2) is 4.90 Å². The molecule has 2 aromatic rings.